The molecule has 2 N–H and O–H groups in total. The van der Waals surface area contributed by atoms with E-state index in [-0.39, 0.29) is 17.1 Å². The van der Waals surface area contributed by atoms with Crippen molar-refractivity contribution in [2.75, 3.05) is 5.73 Å². The van der Waals surface area contributed by atoms with Gasteiger partial charge in [0.05, 0.1) is 5.56 Å². The molecule has 1 heterocycles. The monoisotopic (exact) mass is 347 g/mol. The number of nitrogen functional groups attached to an aromatic ring is 1. The maximum Gasteiger partial charge on any atom is 0.263 e. The Bertz CT molecular complexity index is 796. The summed E-state index contributed by atoms with van der Waals surface area (Å²) in [5.74, 6) is -0.0548. The smallest absolute Gasteiger partial charge is 0.263 e. The van der Waals surface area contributed by atoms with Gasteiger partial charge in [-0.25, -0.2) is 4.39 Å². The van der Waals surface area contributed by atoms with Crippen molar-refractivity contribution in [3.8, 4) is 22.8 Å². The highest BCUT2D eigenvalue weighted by atomic mass is 79.9. The molecule has 0 radical (unpaired) electrons. The molecule has 0 amide bonds. The van der Waals surface area contributed by atoms with Crippen molar-refractivity contribution in [3.63, 3.8) is 0 Å². The third-order valence-electron chi connectivity index (χ3n) is 3.05. The van der Waals surface area contributed by atoms with E-state index >= 15 is 0 Å². The quantitative estimate of drug-likeness (QED) is 0.705. The molecule has 0 unspecified atom stereocenters. The second kappa shape index (κ2) is 5.29. The van der Waals surface area contributed by atoms with E-state index in [1.807, 2.05) is 25.1 Å². The summed E-state index contributed by atoms with van der Waals surface area (Å²) in [7, 11) is 0. The molecule has 0 fully saturated rings. The van der Waals surface area contributed by atoms with Crippen LogP contribution in [0.4, 0.5) is 10.1 Å². The summed E-state index contributed by atoms with van der Waals surface area (Å²) < 4.78 is 19.9. The first-order chi connectivity index (χ1) is 10.1. The Balaban J connectivity index is 2.08. The first-order valence-corrected chi connectivity index (χ1v) is 7.00. The van der Waals surface area contributed by atoms with Gasteiger partial charge in [0.1, 0.15) is 5.82 Å². The van der Waals surface area contributed by atoms with Gasteiger partial charge in [0.25, 0.3) is 5.89 Å². The lowest BCUT2D eigenvalue weighted by molar-refractivity contribution is 0.430. The molecule has 21 heavy (non-hydrogen) atoms. The predicted octanol–water partition coefficient (Wildman–Crippen LogP) is 4.20. The average molecular weight is 348 g/mol. The maximum atomic E-state index is 13.9. The number of hydrogen-bond acceptors (Lipinski definition) is 4. The summed E-state index contributed by atoms with van der Waals surface area (Å²) >= 11 is 3.46. The van der Waals surface area contributed by atoms with Crippen molar-refractivity contribution < 1.29 is 8.91 Å². The number of hydrogen-bond donors (Lipinski definition) is 1. The minimum Gasteiger partial charge on any atom is -0.398 e. The van der Waals surface area contributed by atoms with E-state index < -0.39 is 5.82 Å². The van der Waals surface area contributed by atoms with Gasteiger partial charge in [-0.15, -0.1) is 0 Å². The van der Waals surface area contributed by atoms with Gasteiger partial charge in [-0.05, 0) is 36.8 Å². The van der Waals surface area contributed by atoms with Crippen LogP contribution < -0.4 is 5.73 Å². The number of halogens is 2. The Labute approximate surface area is 128 Å². The van der Waals surface area contributed by atoms with Gasteiger partial charge in [-0.2, -0.15) is 4.98 Å². The molecule has 0 aliphatic carbocycles. The fourth-order valence-electron chi connectivity index (χ4n) is 2.00. The topological polar surface area (TPSA) is 64.9 Å². The third-order valence-corrected chi connectivity index (χ3v) is 3.71. The van der Waals surface area contributed by atoms with Crippen LogP contribution in [0.3, 0.4) is 0 Å². The molecule has 0 saturated heterocycles. The summed E-state index contributed by atoms with van der Waals surface area (Å²) in [5, 5.41) is 3.90. The number of anilines is 1. The molecule has 106 valence electrons. The SMILES string of the molecule is Cc1ccc(-c2noc(-c3c(N)cccc3F)n2)c(Br)c1. The Morgan fingerprint density at radius 3 is 2.76 bits per heavy atom. The number of aromatic nitrogens is 2. The standard InChI is InChI=1S/C15H11BrFN3O/c1-8-5-6-9(10(16)7-8)14-19-15(21-20-14)13-11(17)3-2-4-12(13)18/h2-7H,18H2,1H3. The molecule has 0 atom stereocenters. The summed E-state index contributed by atoms with van der Waals surface area (Å²) in [6.45, 7) is 1.98. The van der Waals surface area contributed by atoms with Crippen molar-refractivity contribution in [2.45, 2.75) is 6.92 Å². The molecule has 3 rings (SSSR count). The van der Waals surface area contributed by atoms with E-state index in [9.17, 15) is 4.39 Å². The van der Waals surface area contributed by atoms with Crippen LogP contribution in [0.15, 0.2) is 45.4 Å². The maximum absolute atomic E-state index is 13.9. The van der Waals surface area contributed by atoms with Crippen LogP contribution in [-0.4, -0.2) is 10.1 Å². The number of nitrogens with two attached hydrogens (primary N) is 1. The summed E-state index contributed by atoms with van der Waals surface area (Å²) in [4.78, 5) is 4.24. The molecule has 0 bridgehead atoms. The molecule has 6 heteroatoms. The minimum atomic E-state index is -0.492. The zero-order valence-corrected chi connectivity index (χ0v) is 12.7. The lowest BCUT2D eigenvalue weighted by atomic mass is 10.1. The second-order valence-electron chi connectivity index (χ2n) is 4.61. The van der Waals surface area contributed by atoms with Crippen LogP contribution in [0.2, 0.25) is 0 Å². The molecule has 4 nitrogen and oxygen atoms in total. The van der Waals surface area contributed by atoms with Crippen molar-refractivity contribution in [2.24, 2.45) is 0 Å². The van der Waals surface area contributed by atoms with Crippen molar-refractivity contribution in [1.29, 1.82) is 0 Å². The van der Waals surface area contributed by atoms with Gasteiger partial charge in [0.15, 0.2) is 0 Å². The van der Waals surface area contributed by atoms with Crippen LogP contribution in [0, 0.1) is 12.7 Å². The molecule has 0 aliphatic heterocycles. The first kappa shape index (κ1) is 13.8. The van der Waals surface area contributed by atoms with Crippen LogP contribution in [0.25, 0.3) is 22.8 Å². The summed E-state index contributed by atoms with van der Waals surface area (Å²) in [6.07, 6.45) is 0. The molecule has 1 aromatic heterocycles. The van der Waals surface area contributed by atoms with Gasteiger partial charge >= 0.3 is 0 Å². The summed E-state index contributed by atoms with van der Waals surface area (Å²) in [6, 6.07) is 10.2. The Morgan fingerprint density at radius 2 is 2.05 bits per heavy atom. The normalized spacial score (nSPS) is 10.8. The number of benzene rings is 2. The van der Waals surface area contributed by atoms with E-state index in [4.69, 9.17) is 10.3 Å². The zero-order valence-electron chi connectivity index (χ0n) is 11.1. The highest BCUT2D eigenvalue weighted by molar-refractivity contribution is 9.10. The van der Waals surface area contributed by atoms with Crippen LogP contribution in [-0.2, 0) is 0 Å². The molecule has 0 spiro atoms. The van der Waals surface area contributed by atoms with E-state index in [0.29, 0.717) is 5.82 Å². The molecular weight excluding hydrogens is 337 g/mol. The molecule has 0 aliphatic rings. The van der Waals surface area contributed by atoms with Gasteiger partial charge in [0.2, 0.25) is 5.82 Å². The van der Waals surface area contributed by atoms with Crippen LogP contribution >= 0.6 is 15.9 Å². The van der Waals surface area contributed by atoms with Gasteiger partial charge in [0, 0.05) is 15.7 Å². The van der Waals surface area contributed by atoms with Crippen molar-refractivity contribution in [1.82, 2.24) is 10.1 Å². The van der Waals surface area contributed by atoms with Gasteiger partial charge in [-0.1, -0.05) is 33.2 Å². The Morgan fingerprint density at radius 1 is 1.24 bits per heavy atom. The van der Waals surface area contributed by atoms with E-state index in [1.54, 1.807) is 6.07 Å². The van der Waals surface area contributed by atoms with Gasteiger partial charge < -0.3 is 10.3 Å². The van der Waals surface area contributed by atoms with E-state index in [1.165, 1.54) is 12.1 Å². The molecular formula is C15H11BrFN3O. The zero-order chi connectivity index (χ0) is 15.0. The van der Waals surface area contributed by atoms with Gasteiger partial charge in [-0.3, -0.25) is 0 Å². The first-order valence-electron chi connectivity index (χ1n) is 6.21. The van der Waals surface area contributed by atoms with Crippen LogP contribution in [0.5, 0.6) is 0 Å². The fourth-order valence-corrected chi connectivity index (χ4v) is 2.67. The number of nitrogens with zero attached hydrogens (tertiary/aromatic N) is 2. The largest absolute Gasteiger partial charge is 0.398 e. The number of rotatable bonds is 2. The fraction of sp³-hybridized carbons (Fsp3) is 0.0667. The second-order valence-corrected chi connectivity index (χ2v) is 5.46. The highest BCUT2D eigenvalue weighted by Gasteiger charge is 2.18. The number of aryl methyl sites for hydroxylation is 1. The van der Waals surface area contributed by atoms with Crippen LogP contribution in [0.1, 0.15) is 5.56 Å². The summed E-state index contributed by atoms with van der Waals surface area (Å²) in [5.41, 5.74) is 8.03. The Hall–Kier alpha value is -2.21. The highest BCUT2D eigenvalue weighted by Crippen LogP contribution is 2.31. The van der Waals surface area contributed by atoms with E-state index in [0.717, 1.165) is 15.6 Å². The molecule has 3 aromatic rings. The van der Waals surface area contributed by atoms with Crippen molar-refractivity contribution >= 4 is 21.6 Å². The minimum absolute atomic E-state index is 0.0630. The molecule has 2 aromatic carbocycles. The predicted molar refractivity (Wildman–Crippen MR) is 82.0 cm³/mol. The van der Waals surface area contributed by atoms with Crippen molar-refractivity contribution in [3.05, 3.63) is 52.3 Å². The Kier molecular flexibility index (Phi) is 3.47. The lowest BCUT2D eigenvalue weighted by Crippen LogP contribution is -1.93. The average Bonchev–Trinajstić information content (AvgIpc) is 2.87. The van der Waals surface area contributed by atoms with E-state index in [2.05, 4.69) is 26.1 Å². The third kappa shape index (κ3) is 2.54. The lowest BCUT2D eigenvalue weighted by Gasteiger charge is -2.01. The molecule has 0 saturated carbocycles.